The van der Waals surface area contributed by atoms with Gasteiger partial charge >= 0.3 is 5.76 Å². The fourth-order valence-corrected chi connectivity index (χ4v) is 0.703. The van der Waals surface area contributed by atoms with Gasteiger partial charge < -0.3 is 9.73 Å². The van der Waals surface area contributed by atoms with E-state index in [0.29, 0.717) is 0 Å². The molecule has 1 rings (SSSR count). The van der Waals surface area contributed by atoms with Gasteiger partial charge in [0.2, 0.25) is 11.8 Å². The van der Waals surface area contributed by atoms with E-state index in [4.69, 9.17) is 0 Å². The van der Waals surface area contributed by atoms with Gasteiger partial charge in [0.05, 0.1) is 6.54 Å². The predicted octanol–water partition coefficient (Wildman–Crippen LogP) is -0.365. The van der Waals surface area contributed by atoms with E-state index in [1.807, 2.05) is 0 Å². The second kappa shape index (κ2) is 3.88. The molecule has 1 heterocycles. The number of nitrogens with zero attached hydrogens (tertiary/aromatic N) is 1. The molecular formula is C7H11N3O3. The van der Waals surface area contributed by atoms with Gasteiger partial charge in [-0.2, -0.15) is 0 Å². The van der Waals surface area contributed by atoms with Crippen molar-refractivity contribution in [2.75, 3.05) is 0 Å². The molecule has 1 aromatic rings. The molecule has 0 bridgehead atoms. The van der Waals surface area contributed by atoms with Crippen LogP contribution in [0.2, 0.25) is 0 Å². The first-order valence-electron chi connectivity index (χ1n) is 3.91. The van der Waals surface area contributed by atoms with E-state index in [0.717, 1.165) is 0 Å². The molecule has 0 unspecified atom stereocenters. The molecule has 0 atom stereocenters. The Morgan fingerprint density at radius 2 is 2.38 bits per heavy atom. The number of aromatic nitrogens is 2. The van der Waals surface area contributed by atoms with Crippen LogP contribution in [0, 0.1) is 5.92 Å². The van der Waals surface area contributed by atoms with Crippen molar-refractivity contribution in [3.8, 4) is 0 Å². The maximum Gasteiger partial charge on any atom is 0.434 e. The number of carbonyl (C=O) groups is 1. The summed E-state index contributed by atoms with van der Waals surface area (Å²) in [5.74, 6) is -0.635. The van der Waals surface area contributed by atoms with Crippen LogP contribution in [0.1, 0.15) is 19.7 Å². The summed E-state index contributed by atoms with van der Waals surface area (Å²) in [4.78, 5) is 21.5. The maximum absolute atomic E-state index is 11.1. The van der Waals surface area contributed by atoms with Gasteiger partial charge in [-0.05, 0) is 0 Å². The van der Waals surface area contributed by atoms with Crippen LogP contribution in [0.3, 0.4) is 0 Å². The van der Waals surface area contributed by atoms with Crippen LogP contribution in [0.15, 0.2) is 9.21 Å². The number of amides is 1. The van der Waals surface area contributed by atoms with Gasteiger partial charge in [0, 0.05) is 5.92 Å². The fraction of sp³-hybridized carbons (Fsp3) is 0.571. The van der Waals surface area contributed by atoms with E-state index in [2.05, 4.69) is 19.9 Å². The van der Waals surface area contributed by atoms with Crippen molar-refractivity contribution in [1.82, 2.24) is 15.5 Å². The minimum atomic E-state index is -0.617. The SMILES string of the molecule is CC(C)C(=O)NCc1n[nH]c(=O)o1. The molecule has 6 nitrogen and oxygen atoms in total. The van der Waals surface area contributed by atoms with Crippen LogP contribution in [0.25, 0.3) is 0 Å². The average molecular weight is 185 g/mol. The summed E-state index contributed by atoms with van der Waals surface area (Å²) in [7, 11) is 0. The fourth-order valence-electron chi connectivity index (χ4n) is 0.703. The molecular weight excluding hydrogens is 174 g/mol. The lowest BCUT2D eigenvalue weighted by Crippen LogP contribution is -2.27. The first-order chi connectivity index (χ1) is 6.09. The first kappa shape index (κ1) is 9.50. The van der Waals surface area contributed by atoms with Crippen LogP contribution >= 0.6 is 0 Å². The quantitative estimate of drug-likeness (QED) is 0.672. The van der Waals surface area contributed by atoms with Crippen LogP contribution in [0.4, 0.5) is 0 Å². The Kier molecular flexibility index (Phi) is 2.84. The Bertz CT molecular complexity index is 339. The van der Waals surface area contributed by atoms with Gasteiger partial charge in [-0.15, -0.1) is 5.10 Å². The first-order valence-corrected chi connectivity index (χ1v) is 3.91. The van der Waals surface area contributed by atoms with Crippen LogP contribution < -0.4 is 11.1 Å². The largest absolute Gasteiger partial charge is 0.434 e. The summed E-state index contributed by atoms with van der Waals surface area (Å²) in [5.41, 5.74) is 0. The summed E-state index contributed by atoms with van der Waals surface area (Å²) in [6.45, 7) is 3.68. The van der Waals surface area contributed by atoms with Crippen molar-refractivity contribution in [2.24, 2.45) is 5.92 Å². The van der Waals surface area contributed by atoms with Gasteiger partial charge in [-0.3, -0.25) is 4.79 Å². The highest BCUT2D eigenvalue weighted by molar-refractivity contribution is 5.77. The molecule has 2 N–H and O–H groups in total. The van der Waals surface area contributed by atoms with E-state index in [9.17, 15) is 9.59 Å². The third kappa shape index (κ3) is 2.73. The van der Waals surface area contributed by atoms with Gasteiger partial charge in [-0.25, -0.2) is 9.89 Å². The van der Waals surface area contributed by atoms with Crippen LogP contribution in [0.5, 0.6) is 0 Å². The van der Waals surface area contributed by atoms with Crippen molar-refractivity contribution in [3.63, 3.8) is 0 Å². The number of H-pyrrole nitrogens is 1. The highest BCUT2D eigenvalue weighted by Gasteiger charge is 2.07. The number of nitrogens with one attached hydrogen (secondary N) is 2. The van der Waals surface area contributed by atoms with E-state index in [1.165, 1.54) is 0 Å². The third-order valence-corrected chi connectivity index (χ3v) is 1.42. The molecule has 72 valence electrons. The van der Waals surface area contributed by atoms with Gasteiger partial charge in [0.1, 0.15) is 0 Å². The van der Waals surface area contributed by atoms with Crippen molar-refractivity contribution in [3.05, 3.63) is 16.4 Å². The minimum absolute atomic E-state index is 0.0920. The summed E-state index contributed by atoms with van der Waals surface area (Å²) < 4.78 is 4.58. The summed E-state index contributed by atoms with van der Waals surface area (Å²) in [6.07, 6.45) is 0. The van der Waals surface area contributed by atoms with Crippen molar-refractivity contribution in [1.29, 1.82) is 0 Å². The number of hydrogen-bond donors (Lipinski definition) is 2. The molecule has 0 aromatic carbocycles. The molecule has 0 spiro atoms. The lowest BCUT2D eigenvalue weighted by Gasteiger charge is -2.03. The molecule has 0 aliphatic heterocycles. The summed E-state index contributed by atoms with van der Waals surface area (Å²) in [6, 6.07) is 0. The van der Waals surface area contributed by atoms with Crippen molar-refractivity contribution < 1.29 is 9.21 Å². The number of aromatic amines is 1. The Balaban J connectivity index is 2.44. The molecule has 0 aliphatic carbocycles. The molecule has 0 radical (unpaired) electrons. The highest BCUT2D eigenvalue weighted by atomic mass is 16.4. The Labute approximate surface area is 74.3 Å². The average Bonchev–Trinajstić information content (AvgIpc) is 2.47. The lowest BCUT2D eigenvalue weighted by atomic mass is 10.2. The number of hydrogen-bond acceptors (Lipinski definition) is 4. The lowest BCUT2D eigenvalue weighted by molar-refractivity contribution is -0.124. The Morgan fingerprint density at radius 1 is 1.69 bits per heavy atom. The van der Waals surface area contributed by atoms with Crippen molar-refractivity contribution in [2.45, 2.75) is 20.4 Å². The predicted molar refractivity (Wildman–Crippen MR) is 43.8 cm³/mol. The Hall–Kier alpha value is -1.59. The van der Waals surface area contributed by atoms with Gasteiger partial charge in [0.25, 0.3) is 0 Å². The van der Waals surface area contributed by atoms with E-state index >= 15 is 0 Å². The molecule has 0 saturated heterocycles. The molecule has 1 amide bonds. The molecule has 0 saturated carbocycles. The zero-order valence-electron chi connectivity index (χ0n) is 7.46. The molecule has 13 heavy (non-hydrogen) atoms. The number of carbonyl (C=O) groups excluding carboxylic acids is 1. The van der Waals surface area contributed by atoms with Crippen LogP contribution in [-0.4, -0.2) is 16.1 Å². The molecule has 0 fully saturated rings. The monoisotopic (exact) mass is 185 g/mol. The normalized spacial score (nSPS) is 10.4. The van der Waals surface area contributed by atoms with Crippen LogP contribution in [-0.2, 0) is 11.3 Å². The standard InChI is InChI=1S/C7H11N3O3/c1-4(2)6(11)8-3-5-9-10-7(12)13-5/h4H,3H2,1-2H3,(H,8,11)(H,10,12). The zero-order valence-corrected chi connectivity index (χ0v) is 7.46. The highest BCUT2D eigenvalue weighted by Crippen LogP contribution is 1.92. The minimum Gasteiger partial charge on any atom is -0.391 e. The molecule has 6 heteroatoms. The van der Waals surface area contributed by atoms with E-state index in [-0.39, 0.29) is 24.3 Å². The smallest absolute Gasteiger partial charge is 0.391 e. The van der Waals surface area contributed by atoms with E-state index in [1.54, 1.807) is 13.8 Å². The van der Waals surface area contributed by atoms with Gasteiger partial charge in [-0.1, -0.05) is 13.8 Å². The summed E-state index contributed by atoms with van der Waals surface area (Å²) in [5, 5.41) is 8.18. The zero-order chi connectivity index (χ0) is 9.84. The van der Waals surface area contributed by atoms with Gasteiger partial charge in [0.15, 0.2) is 0 Å². The molecule has 0 aliphatic rings. The van der Waals surface area contributed by atoms with Crippen molar-refractivity contribution >= 4 is 5.91 Å². The van der Waals surface area contributed by atoms with E-state index < -0.39 is 5.76 Å². The Morgan fingerprint density at radius 3 is 2.85 bits per heavy atom. The number of rotatable bonds is 3. The topological polar surface area (TPSA) is 88.0 Å². The maximum atomic E-state index is 11.1. The second-order valence-corrected chi connectivity index (χ2v) is 2.88. The second-order valence-electron chi connectivity index (χ2n) is 2.88. The summed E-state index contributed by atoms with van der Waals surface area (Å²) >= 11 is 0. The molecule has 1 aromatic heterocycles. The third-order valence-electron chi connectivity index (χ3n) is 1.42.